The highest BCUT2D eigenvalue weighted by Crippen LogP contribution is 2.23. The van der Waals surface area contributed by atoms with Crippen LogP contribution in [0.2, 0.25) is 0 Å². The smallest absolute Gasteiger partial charge is 0.233 e. The Morgan fingerprint density at radius 2 is 1.60 bits per heavy atom. The molecular weight excluding hydrogens is 300 g/mol. The number of rotatable bonds is 8. The zero-order chi connectivity index (χ0) is 15.2. The van der Waals surface area contributed by atoms with Gasteiger partial charge in [-0.1, -0.05) is 20.8 Å². The predicted molar refractivity (Wildman–Crippen MR) is 81.1 cm³/mol. The van der Waals surface area contributed by atoms with Crippen LogP contribution >= 0.6 is 10.7 Å². The zero-order valence-corrected chi connectivity index (χ0v) is 13.6. The van der Waals surface area contributed by atoms with E-state index in [0.29, 0.717) is 12.4 Å². The minimum absolute atomic E-state index is 0.126. The summed E-state index contributed by atoms with van der Waals surface area (Å²) < 4.78 is 33.3. The second-order valence-electron chi connectivity index (χ2n) is 5.46. The summed E-state index contributed by atoms with van der Waals surface area (Å²) >= 11 is 0. The average molecular weight is 321 g/mol. The maximum absolute atomic E-state index is 11.1. The lowest BCUT2D eigenvalue weighted by molar-refractivity contribution is 0.200. The molecule has 0 amide bonds. The summed E-state index contributed by atoms with van der Waals surface area (Å²) in [7, 11) is 1.74. The van der Waals surface area contributed by atoms with Crippen LogP contribution in [0.15, 0.2) is 24.3 Å². The Bertz CT molecular complexity index is 508. The molecule has 0 radical (unpaired) electrons. The molecule has 0 saturated carbocycles. The molecular formula is C14H21ClO4S. The summed E-state index contributed by atoms with van der Waals surface area (Å²) in [5.41, 5.74) is -0.544. The van der Waals surface area contributed by atoms with Crippen LogP contribution in [0, 0.1) is 5.41 Å². The largest absolute Gasteiger partial charge is 0.494 e. The molecule has 0 bridgehead atoms. The number of halogens is 1. The highest BCUT2D eigenvalue weighted by Gasteiger charge is 2.25. The van der Waals surface area contributed by atoms with Crippen molar-refractivity contribution in [2.45, 2.75) is 27.2 Å². The van der Waals surface area contributed by atoms with E-state index in [1.165, 1.54) is 0 Å². The van der Waals surface area contributed by atoms with Crippen molar-refractivity contribution >= 4 is 19.7 Å². The highest BCUT2D eigenvalue weighted by molar-refractivity contribution is 8.13. The molecule has 0 spiro atoms. The van der Waals surface area contributed by atoms with Gasteiger partial charge in [0.25, 0.3) is 0 Å². The van der Waals surface area contributed by atoms with E-state index in [-0.39, 0.29) is 12.4 Å². The van der Waals surface area contributed by atoms with Crippen molar-refractivity contribution in [1.82, 2.24) is 0 Å². The molecule has 0 unspecified atom stereocenters. The van der Waals surface area contributed by atoms with Crippen LogP contribution in [-0.4, -0.2) is 27.4 Å². The lowest BCUT2D eigenvalue weighted by atomic mass is 9.98. The topological polar surface area (TPSA) is 52.6 Å². The van der Waals surface area contributed by atoms with E-state index in [0.717, 1.165) is 12.2 Å². The molecule has 0 fully saturated rings. The first kappa shape index (κ1) is 17.1. The second-order valence-corrected chi connectivity index (χ2v) is 8.23. The number of hydrogen-bond acceptors (Lipinski definition) is 4. The van der Waals surface area contributed by atoms with Crippen LogP contribution in [0.5, 0.6) is 11.5 Å². The molecule has 0 aliphatic heterocycles. The fourth-order valence-electron chi connectivity index (χ4n) is 1.64. The number of ether oxygens (including phenoxy) is 2. The van der Waals surface area contributed by atoms with E-state index in [4.69, 9.17) is 20.2 Å². The summed E-state index contributed by atoms with van der Waals surface area (Å²) in [4.78, 5) is 0. The van der Waals surface area contributed by atoms with Gasteiger partial charge >= 0.3 is 0 Å². The lowest BCUT2D eigenvalue weighted by Gasteiger charge is -2.23. The fourth-order valence-corrected chi connectivity index (χ4v) is 3.54. The Morgan fingerprint density at radius 3 is 2.05 bits per heavy atom. The normalized spacial score (nSPS) is 12.2. The van der Waals surface area contributed by atoms with Crippen molar-refractivity contribution in [3.8, 4) is 11.5 Å². The molecule has 6 heteroatoms. The van der Waals surface area contributed by atoms with Crippen LogP contribution in [0.4, 0.5) is 0 Å². The molecule has 1 aromatic carbocycles. The van der Waals surface area contributed by atoms with Crippen molar-refractivity contribution in [1.29, 1.82) is 0 Å². The van der Waals surface area contributed by atoms with Gasteiger partial charge in [0, 0.05) is 16.1 Å². The fraction of sp³-hybridized carbons (Fsp3) is 0.571. The molecule has 1 rings (SSSR count). The molecule has 0 aliphatic carbocycles. The van der Waals surface area contributed by atoms with E-state index in [2.05, 4.69) is 0 Å². The second kappa shape index (κ2) is 7.18. The molecule has 114 valence electrons. The molecule has 0 atom stereocenters. The third-order valence-electron chi connectivity index (χ3n) is 2.49. The van der Waals surface area contributed by atoms with Crippen LogP contribution < -0.4 is 9.47 Å². The average Bonchev–Trinajstić information content (AvgIpc) is 2.32. The minimum atomic E-state index is -3.53. The van der Waals surface area contributed by atoms with Gasteiger partial charge in [-0.05, 0) is 30.7 Å². The first-order valence-corrected chi connectivity index (χ1v) is 8.98. The summed E-state index contributed by atoms with van der Waals surface area (Å²) in [6.07, 6.45) is 0.958. The summed E-state index contributed by atoms with van der Waals surface area (Å²) in [5, 5.41) is 0. The van der Waals surface area contributed by atoms with Gasteiger partial charge in [-0.2, -0.15) is 0 Å². The Balaban J connectivity index is 2.53. The molecule has 20 heavy (non-hydrogen) atoms. The van der Waals surface area contributed by atoms with Gasteiger partial charge in [-0.15, -0.1) is 0 Å². The third-order valence-corrected chi connectivity index (χ3v) is 3.94. The molecule has 0 saturated heterocycles. The van der Waals surface area contributed by atoms with E-state index in [1.807, 2.05) is 19.1 Å². The van der Waals surface area contributed by atoms with E-state index >= 15 is 0 Å². The Kier molecular flexibility index (Phi) is 6.14. The highest BCUT2D eigenvalue weighted by atomic mass is 35.7. The van der Waals surface area contributed by atoms with E-state index in [9.17, 15) is 8.42 Å². The van der Waals surface area contributed by atoms with Crippen LogP contribution in [0.3, 0.4) is 0 Å². The van der Waals surface area contributed by atoms with Gasteiger partial charge in [0.1, 0.15) is 11.5 Å². The first-order valence-electron chi connectivity index (χ1n) is 6.50. The third kappa shape index (κ3) is 7.01. The maximum Gasteiger partial charge on any atom is 0.233 e. The van der Waals surface area contributed by atoms with Crippen molar-refractivity contribution in [3.63, 3.8) is 0 Å². The summed E-state index contributed by atoms with van der Waals surface area (Å²) in [5.74, 6) is 1.34. The summed E-state index contributed by atoms with van der Waals surface area (Å²) in [6.45, 7) is 6.59. The predicted octanol–water partition coefficient (Wildman–Crippen LogP) is 3.45. The van der Waals surface area contributed by atoms with Crippen LogP contribution in [0.25, 0.3) is 0 Å². The Labute approximate surface area is 125 Å². The SMILES string of the molecule is CCCOc1ccc(OCC(C)(C)CS(=O)(=O)Cl)cc1. The first-order chi connectivity index (χ1) is 9.22. The lowest BCUT2D eigenvalue weighted by Crippen LogP contribution is -2.28. The quantitative estimate of drug-likeness (QED) is 0.688. The van der Waals surface area contributed by atoms with Gasteiger partial charge in [-0.25, -0.2) is 8.42 Å². The summed E-state index contributed by atoms with van der Waals surface area (Å²) in [6, 6.07) is 7.26. The monoisotopic (exact) mass is 320 g/mol. The van der Waals surface area contributed by atoms with Gasteiger partial charge in [0.2, 0.25) is 9.05 Å². The maximum atomic E-state index is 11.1. The van der Waals surface area contributed by atoms with Crippen molar-refractivity contribution in [2.75, 3.05) is 19.0 Å². The Morgan fingerprint density at radius 1 is 1.10 bits per heavy atom. The minimum Gasteiger partial charge on any atom is -0.494 e. The van der Waals surface area contributed by atoms with E-state index < -0.39 is 14.5 Å². The van der Waals surface area contributed by atoms with E-state index in [1.54, 1.807) is 26.0 Å². The zero-order valence-electron chi connectivity index (χ0n) is 12.1. The Hall–Kier alpha value is -0.940. The van der Waals surface area contributed by atoms with Gasteiger partial charge < -0.3 is 9.47 Å². The van der Waals surface area contributed by atoms with Gasteiger partial charge in [-0.3, -0.25) is 0 Å². The molecule has 0 aliphatic rings. The molecule has 0 aromatic heterocycles. The van der Waals surface area contributed by atoms with Gasteiger partial charge in [0.05, 0.1) is 19.0 Å². The van der Waals surface area contributed by atoms with Gasteiger partial charge in [0.15, 0.2) is 0 Å². The number of benzene rings is 1. The van der Waals surface area contributed by atoms with Crippen LogP contribution in [0.1, 0.15) is 27.2 Å². The molecule has 0 heterocycles. The van der Waals surface area contributed by atoms with Crippen molar-refractivity contribution in [2.24, 2.45) is 5.41 Å². The number of hydrogen-bond donors (Lipinski definition) is 0. The van der Waals surface area contributed by atoms with Crippen molar-refractivity contribution in [3.05, 3.63) is 24.3 Å². The molecule has 0 N–H and O–H groups in total. The standard InChI is InChI=1S/C14H21ClO4S/c1-4-9-18-12-5-7-13(8-6-12)19-10-14(2,3)11-20(15,16)17/h5-8H,4,9-11H2,1-3H3. The molecule has 4 nitrogen and oxygen atoms in total. The molecule has 1 aromatic rings. The van der Waals surface area contributed by atoms with Crippen LogP contribution in [-0.2, 0) is 9.05 Å². The van der Waals surface area contributed by atoms with Crippen molar-refractivity contribution < 1.29 is 17.9 Å².